The number of fused-ring (bicyclic) bond motifs is 1. The number of aromatic amines is 1. The van der Waals surface area contributed by atoms with Crippen molar-refractivity contribution >= 4 is 39.9 Å². The van der Waals surface area contributed by atoms with E-state index in [0.29, 0.717) is 37.6 Å². The van der Waals surface area contributed by atoms with Gasteiger partial charge in [-0.25, -0.2) is 9.37 Å². The van der Waals surface area contributed by atoms with Crippen molar-refractivity contribution in [2.24, 2.45) is 5.41 Å². The van der Waals surface area contributed by atoms with Crippen molar-refractivity contribution in [3.05, 3.63) is 64.3 Å². The molecule has 2 saturated heterocycles. The number of H-pyrrole nitrogens is 1. The molecule has 7 nitrogen and oxygen atoms in total. The molecular weight excluding hydrogens is 526 g/mol. The van der Waals surface area contributed by atoms with Gasteiger partial charge in [-0.3, -0.25) is 10.1 Å². The van der Waals surface area contributed by atoms with Crippen LogP contribution < -0.4 is 9.64 Å². The Morgan fingerprint density at radius 2 is 1.82 bits per heavy atom. The molecule has 0 amide bonds. The minimum atomic E-state index is -0.589. The molecule has 2 aliphatic heterocycles. The fourth-order valence-electron chi connectivity index (χ4n) is 5.74. The van der Waals surface area contributed by atoms with E-state index in [0.717, 1.165) is 31.0 Å². The number of halogens is 3. The number of hydrogen-bond acceptors (Lipinski definition) is 6. The number of anilines is 1. The van der Waals surface area contributed by atoms with Crippen molar-refractivity contribution in [2.45, 2.75) is 32.8 Å². The van der Waals surface area contributed by atoms with Crippen LogP contribution in [0.25, 0.3) is 22.2 Å². The zero-order valence-corrected chi connectivity index (χ0v) is 22.9. The molecule has 10 heteroatoms. The maximum atomic E-state index is 15.8. The smallest absolute Gasteiger partial charge is 0.176 e. The van der Waals surface area contributed by atoms with Crippen LogP contribution in [0.4, 0.5) is 10.2 Å². The molecule has 198 valence electrons. The van der Waals surface area contributed by atoms with E-state index < -0.39 is 11.9 Å². The van der Waals surface area contributed by atoms with E-state index in [1.807, 2.05) is 12.1 Å². The van der Waals surface area contributed by atoms with Crippen LogP contribution in [0, 0.1) is 11.2 Å². The Morgan fingerprint density at radius 1 is 1.08 bits per heavy atom. The van der Waals surface area contributed by atoms with Gasteiger partial charge in [-0.15, -0.1) is 0 Å². The second-order valence-corrected chi connectivity index (χ2v) is 11.5. The van der Waals surface area contributed by atoms with Gasteiger partial charge in [-0.05, 0) is 57.1 Å². The molecule has 2 aliphatic rings. The van der Waals surface area contributed by atoms with E-state index >= 15 is 4.39 Å². The monoisotopic (exact) mass is 554 g/mol. The van der Waals surface area contributed by atoms with Crippen molar-refractivity contribution in [3.63, 3.8) is 0 Å². The molecule has 0 unspecified atom stereocenters. The molecule has 5 heterocycles. The zero-order valence-electron chi connectivity index (χ0n) is 21.3. The number of rotatable bonds is 7. The molecule has 0 saturated carbocycles. The first-order chi connectivity index (χ1) is 18.3. The number of nitrogens with zero attached hydrogens (tertiary/aromatic N) is 5. The summed E-state index contributed by atoms with van der Waals surface area (Å²) in [6, 6.07) is 7.25. The highest BCUT2D eigenvalue weighted by Crippen LogP contribution is 2.38. The molecule has 2 fully saturated rings. The summed E-state index contributed by atoms with van der Waals surface area (Å²) >= 11 is 12.5. The molecule has 38 heavy (non-hydrogen) atoms. The number of aromatic nitrogens is 4. The highest BCUT2D eigenvalue weighted by Gasteiger charge is 2.41. The van der Waals surface area contributed by atoms with E-state index in [1.54, 1.807) is 25.3 Å². The molecule has 1 N–H and O–H groups in total. The largest absolute Gasteiger partial charge is 0.483 e. The number of pyridine rings is 2. The molecule has 3 aromatic heterocycles. The molecule has 1 aromatic carbocycles. The van der Waals surface area contributed by atoms with Crippen LogP contribution in [-0.4, -0.2) is 57.8 Å². The van der Waals surface area contributed by atoms with Gasteiger partial charge in [0.15, 0.2) is 11.6 Å². The van der Waals surface area contributed by atoms with Crippen LogP contribution in [-0.2, 0) is 0 Å². The fourth-order valence-corrected chi connectivity index (χ4v) is 6.42. The first-order valence-corrected chi connectivity index (χ1v) is 13.6. The summed E-state index contributed by atoms with van der Waals surface area (Å²) in [7, 11) is 0. The second-order valence-electron chi connectivity index (χ2n) is 10.7. The summed E-state index contributed by atoms with van der Waals surface area (Å²) in [5.74, 6) is 0.500. The Balaban J connectivity index is 1.20. The lowest BCUT2D eigenvalue weighted by molar-refractivity contribution is 0.151. The number of nitrogens with one attached hydrogen (secondary N) is 1. The predicted molar refractivity (Wildman–Crippen MR) is 149 cm³/mol. The highest BCUT2D eigenvalue weighted by atomic mass is 35.5. The van der Waals surface area contributed by atoms with Crippen LogP contribution in [0.1, 0.15) is 38.4 Å². The molecule has 0 spiro atoms. The Labute approximate surface area is 230 Å². The molecule has 0 bridgehead atoms. The number of ether oxygens (including phenoxy) is 1. The summed E-state index contributed by atoms with van der Waals surface area (Å²) in [4.78, 5) is 13.5. The predicted octanol–water partition coefficient (Wildman–Crippen LogP) is 6.53. The number of hydrogen-bond donors (Lipinski definition) is 1. The van der Waals surface area contributed by atoms with E-state index in [9.17, 15) is 0 Å². The minimum Gasteiger partial charge on any atom is -0.483 e. The van der Waals surface area contributed by atoms with E-state index in [-0.39, 0.29) is 5.75 Å². The van der Waals surface area contributed by atoms with Gasteiger partial charge in [-0.1, -0.05) is 30.1 Å². The van der Waals surface area contributed by atoms with Crippen molar-refractivity contribution < 1.29 is 9.13 Å². The SMILES string of the molecule is C[C@@H](Oc1ccc2[nH]nc(-c3ccc(N4CC(C)(CN5CCCC5)C4)nc3)c2c1F)c1c(Cl)cncc1Cl. The maximum Gasteiger partial charge on any atom is 0.176 e. The third kappa shape index (κ3) is 4.70. The van der Waals surface area contributed by atoms with Gasteiger partial charge < -0.3 is 14.5 Å². The summed E-state index contributed by atoms with van der Waals surface area (Å²) in [6.07, 6.45) is 6.76. The Hall–Kier alpha value is -2.94. The highest BCUT2D eigenvalue weighted by molar-refractivity contribution is 6.35. The minimum absolute atomic E-state index is 0.0824. The molecule has 4 aromatic rings. The van der Waals surface area contributed by atoms with Crippen LogP contribution in [0.5, 0.6) is 5.75 Å². The molecule has 6 rings (SSSR count). The Morgan fingerprint density at radius 3 is 2.50 bits per heavy atom. The lowest BCUT2D eigenvalue weighted by Gasteiger charge is -2.50. The van der Waals surface area contributed by atoms with Gasteiger partial charge in [0.05, 0.1) is 20.9 Å². The Bertz CT molecular complexity index is 1440. The number of benzene rings is 1. The first kappa shape index (κ1) is 25.3. The van der Waals surface area contributed by atoms with E-state index in [1.165, 1.54) is 38.3 Å². The van der Waals surface area contributed by atoms with Crippen molar-refractivity contribution in [3.8, 4) is 17.0 Å². The van der Waals surface area contributed by atoms with Gasteiger partial charge in [0.2, 0.25) is 0 Å². The average molecular weight is 555 g/mol. The molecule has 0 aliphatic carbocycles. The molecule has 0 radical (unpaired) electrons. The maximum absolute atomic E-state index is 15.8. The van der Waals surface area contributed by atoms with Crippen LogP contribution in [0.2, 0.25) is 10.0 Å². The standard InChI is InChI=1S/C28H29Cl2FN6O/c1-17(24-19(29)12-32-13-20(24)30)38-22-7-6-21-25(26(22)31)27(35-34-21)18-5-8-23(33-11-18)37-15-28(2,16-37)14-36-9-3-4-10-36/h5-8,11-13,17H,3-4,9-10,14-16H2,1-2H3,(H,34,35)/t17-/m1/s1. The summed E-state index contributed by atoms with van der Waals surface area (Å²) in [5, 5.41) is 8.38. The summed E-state index contributed by atoms with van der Waals surface area (Å²) in [5.41, 5.74) is 2.63. The van der Waals surface area contributed by atoms with E-state index in [4.69, 9.17) is 27.9 Å². The Kier molecular flexibility index (Phi) is 6.66. The first-order valence-electron chi connectivity index (χ1n) is 12.9. The normalized spacial score (nSPS) is 18.1. The summed E-state index contributed by atoms with van der Waals surface area (Å²) < 4.78 is 21.7. The van der Waals surface area contributed by atoms with Gasteiger partial charge in [0.25, 0.3) is 0 Å². The quantitative estimate of drug-likeness (QED) is 0.280. The van der Waals surface area contributed by atoms with Crippen molar-refractivity contribution in [1.29, 1.82) is 0 Å². The van der Waals surface area contributed by atoms with Gasteiger partial charge >= 0.3 is 0 Å². The molecule has 1 atom stereocenters. The van der Waals surface area contributed by atoms with Gasteiger partial charge in [-0.2, -0.15) is 5.10 Å². The lowest BCUT2D eigenvalue weighted by Crippen LogP contribution is -2.59. The summed E-state index contributed by atoms with van der Waals surface area (Å²) in [6.45, 7) is 9.66. The third-order valence-corrected chi connectivity index (χ3v) is 8.13. The average Bonchev–Trinajstić information content (AvgIpc) is 3.54. The second kappa shape index (κ2) is 9.98. The molecular formula is C28H29Cl2FN6O. The van der Waals surface area contributed by atoms with Crippen LogP contribution in [0.15, 0.2) is 42.9 Å². The van der Waals surface area contributed by atoms with Crippen molar-refractivity contribution in [2.75, 3.05) is 37.6 Å². The van der Waals surface area contributed by atoms with Gasteiger partial charge in [0, 0.05) is 54.8 Å². The van der Waals surface area contributed by atoms with E-state index in [2.05, 4.69) is 36.9 Å². The van der Waals surface area contributed by atoms with Crippen LogP contribution >= 0.6 is 23.2 Å². The van der Waals surface area contributed by atoms with Gasteiger partial charge in [0.1, 0.15) is 17.6 Å². The number of likely N-dealkylation sites (tertiary alicyclic amines) is 1. The van der Waals surface area contributed by atoms with Crippen LogP contribution in [0.3, 0.4) is 0 Å². The van der Waals surface area contributed by atoms with Crippen molar-refractivity contribution in [1.82, 2.24) is 25.1 Å². The third-order valence-electron chi connectivity index (χ3n) is 7.53. The fraction of sp³-hybridized carbons (Fsp3) is 0.393. The lowest BCUT2D eigenvalue weighted by atomic mass is 9.81. The topological polar surface area (TPSA) is 70.2 Å². The zero-order chi connectivity index (χ0) is 26.4.